The van der Waals surface area contributed by atoms with Crippen molar-refractivity contribution in [3.63, 3.8) is 0 Å². The van der Waals surface area contributed by atoms with Crippen molar-refractivity contribution in [3.8, 4) is 0 Å². The molecule has 5 N–H and O–H groups in total. The molecule has 15 nitrogen and oxygen atoms in total. The van der Waals surface area contributed by atoms with Gasteiger partial charge in [0.25, 0.3) is 17.7 Å². The largest absolute Gasteiger partial charge is 0.384 e. The Hall–Kier alpha value is -4.79. The van der Waals surface area contributed by atoms with Gasteiger partial charge in [-0.05, 0) is 51.3 Å². The lowest BCUT2D eigenvalue weighted by Crippen LogP contribution is -2.52. The SMILES string of the molecule is CC(NC(=O)[C@@H]1C[C@H](n2nncc2C(C)(C)O)CN1C(=O)C(CC1CCCCC1)=NC(=O)c1ccc2[nH]ncc2c1)C(=O)C(N)=O. The monoisotopic (exact) mass is 633 g/mol. The van der Waals surface area contributed by atoms with Crippen LogP contribution in [0.25, 0.3) is 10.9 Å². The molecule has 46 heavy (non-hydrogen) atoms. The number of ketones is 1. The van der Waals surface area contributed by atoms with E-state index in [9.17, 15) is 29.1 Å². The van der Waals surface area contributed by atoms with E-state index in [1.165, 1.54) is 22.7 Å². The van der Waals surface area contributed by atoms with Gasteiger partial charge in [0.2, 0.25) is 11.7 Å². The number of nitrogens with two attached hydrogens (primary N) is 1. The summed E-state index contributed by atoms with van der Waals surface area (Å²) in [5.74, 6) is -3.92. The van der Waals surface area contributed by atoms with Gasteiger partial charge in [-0.25, -0.2) is 9.67 Å². The Labute approximate surface area is 265 Å². The number of amides is 4. The molecule has 5 rings (SSSR count). The highest BCUT2D eigenvalue weighted by molar-refractivity contribution is 6.41. The first-order chi connectivity index (χ1) is 21.8. The van der Waals surface area contributed by atoms with Crippen LogP contribution in [0.3, 0.4) is 0 Å². The molecule has 2 aromatic heterocycles. The summed E-state index contributed by atoms with van der Waals surface area (Å²) in [5.41, 5.74) is 5.26. The minimum atomic E-state index is -1.32. The van der Waals surface area contributed by atoms with E-state index in [1.807, 2.05) is 0 Å². The number of Topliss-reactive ketones (excluding diaryl/α,β-unsaturated/α-hetero) is 1. The van der Waals surface area contributed by atoms with Crippen molar-refractivity contribution in [2.45, 2.75) is 89.4 Å². The van der Waals surface area contributed by atoms with Gasteiger partial charge in [-0.2, -0.15) is 5.10 Å². The minimum Gasteiger partial charge on any atom is -0.384 e. The van der Waals surface area contributed by atoms with Crippen LogP contribution in [0.15, 0.2) is 35.6 Å². The third kappa shape index (κ3) is 7.03. The zero-order valence-electron chi connectivity index (χ0n) is 26.1. The number of likely N-dealkylation sites (tertiary alicyclic amines) is 1. The van der Waals surface area contributed by atoms with Gasteiger partial charge in [0.1, 0.15) is 17.4 Å². The minimum absolute atomic E-state index is 0.0135. The number of nitrogens with zero attached hydrogens (tertiary/aromatic N) is 6. The maximum atomic E-state index is 14.4. The van der Waals surface area contributed by atoms with E-state index < -0.39 is 53.1 Å². The summed E-state index contributed by atoms with van der Waals surface area (Å²) in [5, 5.41) is 28.9. The van der Waals surface area contributed by atoms with Crippen LogP contribution in [-0.4, -0.2) is 88.9 Å². The summed E-state index contributed by atoms with van der Waals surface area (Å²) in [4.78, 5) is 70.9. The highest BCUT2D eigenvalue weighted by Gasteiger charge is 2.44. The van der Waals surface area contributed by atoms with Gasteiger partial charge >= 0.3 is 0 Å². The predicted octanol–water partition coefficient (Wildman–Crippen LogP) is 1.33. The molecule has 2 fully saturated rings. The first kappa shape index (κ1) is 32.6. The molecule has 1 aliphatic carbocycles. The maximum absolute atomic E-state index is 14.4. The van der Waals surface area contributed by atoms with Crippen LogP contribution < -0.4 is 11.1 Å². The molecule has 15 heteroatoms. The van der Waals surface area contributed by atoms with Gasteiger partial charge in [0, 0.05) is 23.9 Å². The van der Waals surface area contributed by atoms with Crippen molar-refractivity contribution in [3.05, 3.63) is 41.9 Å². The Balaban J connectivity index is 1.50. The quantitative estimate of drug-likeness (QED) is 0.187. The first-order valence-corrected chi connectivity index (χ1v) is 15.5. The van der Waals surface area contributed by atoms with E-state index in [1.54, 1.807) is 38.2 Å². The summed E-state index contributed by atoms with van der Waals surface area (Å²) >= 11 is 0. The van der Waals surface area contributed by atoms with E-state index in [2.05, 4.69) is 30.8 Å². The van der Waals surface area contributed by atoms with E-state index >= 15 is 0 Å². The number of nitrogens with one attached hydrogen (secondary N) is 2. The molecule has 3 atom stereocenters. The van der Waals surface area contributed by atoms with E-state index in [-0.39, 0.29) is 36.6 Å². The van der Waals surface area contributed by atoms with E-state index in [4.69, 9.17) is 5.73 Å². The molecule has 3 heterocycles. The summed E-state index contributed by atoms with van der Waals surface area (Å²) in [6.07, 6.45) is 8.19. The molecule has 2 aliphatic rings. The second kappa shape index (κ2) is 13.3. The molecule has 1 unspecified atom stereocenters. The number of rotatable bonds is 10. The molecular formula is C31H39N9O6. The number of aromatic amines is 1. The van der Waals surface area contributed by atoms with Crippen molar-refractivity contribution in [2.75, 3.05) is 6.54 Å². The van der Waals surface area contributed by atoms with Crippen molar-refractivity contribution in [2.24, 2.45) is 16.6 Å². The standard InChI is InChI=1S/C31H39N9O6/c1-17(26(41)27(32)42)35-29(44)24-13-21(40-25(15-34-38-40)31(2,3)46)16-39(24)30(45)23(11-18-7-5-4-6-8-18)36-28(43)19-9-10-22-20(12-19)14-33-37-22/h9-10,12,14-15,17-18,21,24,46H,4-8,11,13,16H2,1-3H3,(H2,32,42)(H,33,37)(H,35,44)/t17?,21-,24-/m0/s1. The van der Waals surface area contributed by atoms with E-state index in [0.29, 0.717) is 5.69 Å². The smallest absolute Gasteiger partial charge is 0.287 e. The molecule has 4 amide bonds. The molecule has 1 saturated carbocycles. The molecule has 1 aliphatic heterocycles. The summed E-state index contributed by atoms with van der Waals surface area (Å²) in [6, 6.07) is 2.04. The number of hydrogen-bond acceptors (Lipinski definition) is 9. The third-order valence-corrected chi connectivity index (χ3v) is 8.76. The Morgan fingerprint density at radius 1 is 1.15 bits per heavy atom. The predicted molar refractivity (Wildman–Crippen MR) is 165 cm³/mol. The van der Waals surface area contributed by atoms with E-state index in [0.717, 1.165) is 43.0 Å². The third-order valence-electron chi connectivity index (χ3n) is 8.76. The van der Waals surface area contributed by atoms with Gasteiger partial charge in [0.15, 0.2) is 0 Å². The van der Waals surface area contributed by atoms with Crippen LogP contribution in [-0.2, 0) is 24.8 Å². The van der Waals surface area contributed by atoms with Crippen LogP contribution in [0, 0.1) is 5.92 Å². The summed E-state index contributed by atoms with van der Waals surface area (Å²) < 4.78 is 1.48. The number of H-pyrrole nitrogens is 1. The number of carbonyl (C=O) groups excluding carboxylic acids is 5. The number of benzene rings is 1. The highest BCUT2D eigenvalue weighted by Crippen LogP contribution is 2.33. The number of fused-ring (bicyclic) bond motifs is 1. The van der Waals surface area contributed by atoms with Crippen molar-refractivity contribution < 1.29 is 29.1 Å². The number of primary amides is 1. The van der Waals surface area contributed by atoms with Gasteiger partial charge < -0.3 is 21.1 Å². The molecule has 0 radical (unpaired) electrons. The first-order valence-electron chi connectivity index (χ1n) is 15.5. The molecule has 1 saturated heterocycles. The van der Waals surface area contributed by atoms with Crippen molar-refractivity contribution in [1.29, 1.82) is 0 Å². The van der Waals surface area contributed by atoms with Gasteiger partial charge in [-0.3, -0.25) is 29.1 Å². The Bertz CT molecular complexity index is 1680. The Morgan fingerprint density at radius 2 is 1.89 bits per heavy atom. The van der Waals surface area contributed by atoms with Crippen LogP contribution in [0.4, 0.5) is 0 Å². The fraction of sp³-hybridized carbons (Fsp3) is 0.516. The second-order valence-corrected chi connectivity index (χ2v) is 12.7. The zero-order chi connectivity index (χ0) is 33.2. The molecule has 3 aromatic rings. The van der Waals surface area contributed by atoms with Crippen LogP contribution in [0.1, 0.15) is 87.8 Å². The lowest BCUT2D eigenvalue weighted by molar-refractivity contribution is -0.139. The average Bonchev–Trinajstić information content (AvgIpc) is 3.79. The lowest BCUT2D eigenvalue weighted by Gasteiger charge is -2.27. The highest BCUT2D eigenvalue weighted by atomic mass is 16.3. The van der Waals surface area contributed by atoms with Crippen LogP contribution in [0.5, 0.6) is 0 Å². The van der Waals surface area contributed by atoms with Gasteiger partial charge in [-0.1, -0.05) is 37.3 Å². The van der Waals surface area contributed by atoms with Crippen LogP contribution in [0.2, 0.25) is 0 Å². The summed E-state index contributed by atoms with van der Waals surface area (Å²) in [6.45, 7) is 4.46. The number of aromatic nitrogens is 5. The lowest BCUT2D eigenvalue weighted by atomic mass is 9.85. The fourth-order valence-electron chi connectivity index (χ4n) is 6.28. The Morgan fingerprint density at radius 3 is 2.59 bits per heavy atom. The van der Waals surface area contributed by atoms with Crippen LogP contribution >= 0.6 is 0 Å². The number of aliphatic hydroxyl groups is 1. The molecule has 244 valence electrons. The number of aliphatic imine (C=N–C) groups is 1. The average molecular weight is 634 g/mol. The molecular weight excluding hydrogens is 594 g/mol. The molecule has 1 aromatic carbocycles. The fourth-order valence-corrected chi connectivity index (χ4v) is 6.28. The van der Waals surface area contributed by atoms with Gasteiger partial charge in [-0.15, -0.1) is 5.10 Å². The molecule has 0 spiro atoms. The maximum Gasteiger partial charge on any atom is 0.287 e. The van der Waals surface area contributed by atoms with Gasteiger partial charge in [0.05, 0.1) is 35.7 Å². The van der Waals surface area contributed by atoms with Crippen molar-refractivity contribution >= 4 is 46.0 Å². The second-order valence-electron chi connectivity index (χ2n) is 12.7. The summed E-state index contributed by atoms with van der Waals surface area (Å²) in [7, 11) is 0. The van der Waals surface area contributed by atoms with Crippen molar-refractivity contribution in [1.82, 2.24) is 35.4 Å². The number of carbonyl (C=O) groups is 5. The topological polar surface area (TPSA) is 219 Å². The Kier molecular flexibility index (Phi) is 9.42. The molecule has 0 bridgehead atoms. The zero-order valence-corrected chi connectivity index (χ0v) is 26.1. The normalized spacial score (nSPS) is 20.1. The number of hydrogen-bond donors (Lipinski definition) is 4.